The van der Waals surface area contributed by atoms with Crippen LogP contribution in [-0.4, -0.2) is 40.5 Å². The van der Waals surface area contributed by atoms with Crippen molar-refractivity contribution >= 4 is 15.7 Å². The third-order valence-corrected chi connectivity index (χ3v) is 5.56. The lowest BCUT2D eigenvalue weighted by Crippen LogP contribution is -2.36. The highest BCUT2D eigenvalue weighted by molar-refractivity contribution is 7.92. The average Bonchev–Trinajstić information content (AvgIpc) is 2.55. The summed E-state index contributed by atoms with van der Waals surface area (Å²) in [5.41, 5.74) is 1.82. The summed E-state index contributed by atoms with van der Waals surface area (Å²) < 4.78 is 27.6. The zero-order chi connectivity index (χ0) is 16.9. The summed E-state index contributed by atoms with van der Waals surface area (Å²) in [7, 11) is 0.305. The molecule has 0 heterocycles. The van der Waals surface area contributed by atoms with Gasteiger partial charge >= 0.3 is 0 Å². The van der Waals surface area contributed by atoms with Gasteiger partial charge in [0.25, 0.3) is 10.0 Å². The third-order valence-electron chi connectivity index (χ3n) is 3.71. The van der Waals surface area contributed by atoms with Crippen LogP contribution in [0, 0.1) is 0 Å². The normalized spacial score (nSPS) is 11.7. The quantitative estimate of drug-likeness (QED) is 0.782. The maximum atomic E-state index is 13.1. The van der Waals surface area contributed by atoms with Crippen LogP contribution in [-0.2, 0) is 16.4 Å². The highest BCUT2D eigenvalue weighted by Crippen LogP contribution is 2.23. The molecule has 5 heteroatoms. The lowest BCUT2D eigenvalue weighted by atomic mass is 10.2. The molecule has 0 bridgehead atoms. The second-order valence-corrected chi connectivity index (χ2v) is 7.58. The van der Waals surface area contributed by atoms with Crippen LogP contribution >= 0.6 is 0 Å². The molecule has 2 rings (SSSR count). The molecule has 2 aromatic carbocycles. The van der Waals surface area contributed by atoms with E-state index in [0.29, 0.717) is 23.7 Å². The molecule has 23 heavy (non-hydrogen) atoms. The molecular weight excluding hydrogens is 308 g/mol. The average molecular weight is 332 g/mol. The van der Waals surface area contributed by atoms with Gasteiger partial charge in [0.15, 0.2) is 0 Å². The molecule has 0 aliphatic carbocycles. The molecular formula is C18H24N2O2S. The van der Waals surface area contributed by atoms with Crippen molar-refractivity contribution in [3.8, 4) is 0 Å². The van der Waals surface area contributed by atoms with E-state index in [1.165, 1.54) is 4.31 Å². The SMILES string of the molecule is CCc1ccc(S(=O)(=O)N(CCN(C)C)c2ccccc2)cc1. The molecule has 0 saturated heterocycles. The number of nitrogens with zero attached hydrogens (tertiary/aromatic N) is 2. The van der Waals surface area contributed by atoms with Gasteiger partial charge in [-0.25, -0.2) is 8.42 Å². The fraction of sp³-hybridized carbons (Fsp3) is 0.333. The Hall–Kier alpha value is -1.85. The van der Waals surface area contributed by atoms with E-state index in [0.717, 1.165) is 12.0 Å². The Morgan fingerprint density at radius 2 is 1.48 bits per heavy atom. The molecule has 0 spiro atoms. The van der Waals surface area contributed by atoms with Gasteiger partial charge in [-0.3, -0.25) is 4.31 Å². The Bertz CT molecular complexity index is 710. The number of aryl methyl sites for hydroxylation is 1. The zero-order valence-corrected chi connectivity index (χ0v) is 14.8. The molecule has 0 atom stereocenters. The van der Waals surface area contributed by atoms with Gasteiger partial charge in [-0.15, -0.1) is 0 Å². The van der Waals surface area contributed by atoms with Crippen molar-refractivity contribution in [1.82, 2.24) is 4.90 Å². The van der Waals surface area contributed by atoms with E-state index in [1.807, 2.05) is 61.5 Å². The first kappa shape index (κ1) is 17.5. The fourth-order valence-corrected chi connectivity index (χ4v) is 3.75. The van der Waals surface area contributed by atoms with Crippen LogP contribution in [0.3, 0.4) is 0 Å². The number of sulfonamides is 1. The van der Waals surface area contributed by atoms with Gasteiger partial charge in [0.2, 0.25) is 0 Å². The van der Waals surface area contributed by atoms with E-state index in [2.05, 4.69) is 6.92 Å². The van der Waals surface area contributed by atoms with Gasteiger partial charge in [-0.2, -0.15) is 0 Å². The van der Waals surface area contributed by atoms with E-state index < -0.39 is 10.0 Å². The number of anilines is 1. The molecule has 124 valence electrons. The van der Waals surface area contributed by atoms with Gasteiger partial charge in [0.1, 0.15) is 0 Å². The van der Waals surface area contributed by atoms with Crippen LogP contribution in [0.25, 0.3) is 0 Å². The highest BCUT2D eigenvalue weighted by Gasteiger charge is 2.24. The van der Waals surface area contributed by atoms with Crippen molar-refractivity contribution in [3.05, 3.63) is 60.2 Å². The topological polar surface area (TPSA) is 40.6 Å². The number of hydrogen-bond acceptors (Lipinski definition) is 3. The summed E-state index contributed by atoms with van der Waals surface area (Å²) in [5.74, 6) is 0. The molecule has 0 saturated carbocycles. The molecule has 0 aliphatic heterocycles. The van der Waals surface area contributed by atoms with Gasteiger partial charge in [0.05, 0.1) is 10.6 Å². The molecule has 0 amide bonds. The summed E-state index contributed by atoms with van der Waals surface area (Å²) in [6, 6.07) is 16.4. The van der Waals surface area contributed by atoms with Gasteiger partial charge < -0.3 is 4.90 Å². The molecule has 0 aromatic heterocycles. The second-order valence-electron chi connectivity index (χ2n) is 5.71. The van der Waals surface area contributed by atoms with E-state index in [4.69, 9.17) is 0 Å². The van der Waals surface area contributed by atoms with Crippen molar-refractivity contribution in [2.45, 2.75) is 18.2 Å². The first-order valence-electron chi connectivity index (χ1n) is 7.76. The summed E-state index contributed by atoms with van der Waals surface area (Å²) in [4.78, 5) is 2.31. The Labute approximate surface area is 139 Å². The fourth-order valence-electron chi connectivity index (χ4n) is 2.30. The van der Waals surface area contributed by atoms with Crippen LogP contribution < -0.4 is 4.31 Å². The van der Waals surface area contributed by atoms with Crippen molar-refractivity contribution < 1.29 is 8.42 Å². The molecule has 0 unspecified atom stereocenters. The summed E-state index contributed by atoms with van der Waals surface area (Å²) in [5, 5.41) is 0. The Balaban J connectivity index is 2.39. The van der Waals surface area contributed by atoms with Crippen LogP contribution in [0.5, 0.6) is 0 Å². The molecule has 0 N–H and O–H groups in total. The number of para-hydroxylation sites is 1. The van der Waals surface area contributed by atoms with Gasteiger partial charge in [0, 0.05) is 13.1 Å². The molecule has 4 nitrogen and oxygen atoms in total. The number of rotatable bonds is 7. The van der Waals surface area contributed by atoms with E-state index in [1.54, 1.807) is 12.1 Å². The summed E-state index contributed by atoms with van der Waals surface area (Å²) >= 11 is 0. The summed E-state index contributed by atoms with van der Waals surface area (Å²) in [6.07, 6.45) is 0.892. The second kappa shape index (κ2) is 7.62. The third kappa shape index (κ3) is 4.33. The number of likely N-dealkylation sites (N-methyl/N-ethyl adjacent to an activating group) is 1. The predicted molar refractivity (Wildman–Crippen MR) is 95.3 cm³/mol. The van der Waals surface area contributed by atoms with E-state index >= 15 is 0 Å². The Morgan fingerprint density at radius 3 is 2.00 bits per heavy atom. The zero-order valence-electron chi connectivity index (χ0n) is 13.9. The monoisotopic (exact) mass is 332 g/mol. The van der Waals surface area contributed by atoms with Crippen molar-refractivity contribution in [2.75, 3.05) is 31.5 Å². The molecule has 2 aromatic rings. The smallest absolute Gasteiger partial charge is 0.264 e. The largest absolute Gasteiger partial charge is 0.308 e. The van der Waals surface area contributed by atoms with Crippen molar-refractivity contribution in [3.63, 3.8) is 0 Å². The first-order chi connectivity index (χ1) is 10.9. The summed E-state index contributed by atoms with van der Waals surface area (Å²) in [6.45, 7) is 3.12. The van der Waals surface area contributed by atoms with Crippen LogP contribution in [0.15, 0.2) is 59.5 Å². The molecule has 0 radical (unpaired) electrons. The Kier molecular flexibility index (Phi) is 5.80. The first-order valence-corrected chi connectivity index (χ1v) is 9.20. The van der Waals surface area contributed by atoms with Gasteiger partial charge in [-0.05, 0) is 50.3 Å². The maximum absolute atomic E-state index is 13.1. The van der Waals surface area contributed by atoms with Crippen LogP contribution in [0.1, 0.15) is 12.5 Å². The highest BCUT2D eigenvalue weighted by atomic mass is 32.2. The number of benzene rings is 2. The van der Waals surface area contributed by atoms with Crippen molar-refractivity contribution in [1.29, 1.82) is 0 Å². The number of hydrogen-bond donors (Lipinski definition) is 0. The minimum Gasteiger partial charge on any atom is -0.308 e. The van der Waals surface area contributed by atoms with Gasteiger partial charge in [-0.1, -0.05) is 37.3 Å². The Morgan fingerprint density at radius 1 is 0.870 bits per heavy atom. The van der Waals surface area contributed by atoms with E-state index in [9.17, 15) is 8.42 Å². The van der Waals surface area contributed by atoms with E-state index in [-0.39, 0.29) is 0 Å². The minimum atomic E-state index is -3.57. The maximum Gasteiger partial charge on any atom is 0.264 e. The van der Waals surface area contributed by atoms with Crippen LogP contribution in [0.2, 0.25) is 0 Å². The molecule has 0 aliphatic rings. The lowest BCUT2D eigenvalue weighted by Gasteiger charge is -2.26. The predicted octanol–water partition coefficient (Wildman–Crippen LogP) is 3.01. The standard InChI is InChI=1S/C18H24N2O2S/c1-4-16-10-12-18(13-11-16)23(21,22)20(15-14-19(2)3)17-8-6-5-7-9-17/h5-13H,4,14-15H2,1-3H3. The minimum absolute atomic E-state index is 0.331. The molecule has 0 fully saturated rings. The van der Waals surface area contributed by atoms with Crippen molar-refractivity contribution in [2.24, 2.45) is 0 Å². The lowest BCUT2D eigenvalue weighted by molar-refractivity contribution is 0.419. The van der Waals surface area contributed by atoms with Crippen LogP contribution in [0.4, 0.5) is 5.69 Å².